The van der Waals surface area contributed by atoms with Gasteiger partial charge in [0, 0.05) is 30.9 Å². The van der Waals surface area contributed by atoms with Crippen LogP contribution in [-0.2, 0) is 6.42 Å². The van der Waals surface area contributed by atoms with E-state index in [0.717, 1.165) is 11.4 Å². The minimum atomic E-state index is -0.239. The molecule has 1 atom stereocenters. The van der Waals surface area contributed by atoms with Gasteiger partial charge >= 0.3 is 0 Å². The number of carbonyl (C=O) groups excluding carboxylic acids is 1. The Bertz CT molecular complexity index is 842. The Labute approximate surface area is 151 Å². The van der Waals surface area contributed by atoms with E-state index in [-0.39, 0.29) is 11.9 Å². The average Bonchev–Trinajstić information content (AvgIpc) is 3.28. The molecule has 5 nitrogen and oxygen atoms in total. The Morgan fingerprint density at radius 1 is 1.32 bits per heavy atom. The third kappa shape index (κ3) is 3.88. The lowest BCUT2D eigenvalue weighted by Crippen LogP contribution is -2.34. The molecule has 0 saturated carbocycles. The number of benzene rings is 1. The Kier molecular flexibility index (Phi) is 5.14. The monoisotopic (exact) mass is 358 g/mol. The molecule has 0 aliphatic heterocycles. The van der Waals surface area contributed by atoms with Crippen LogP contribution in [0.3, 0.4) is 0 Å². The molecule has 2 aromatic heterocycles. The van der Waals surface area contributed by atoms with E-state index >= 15 is 0 Å². The molecule has 0 aliphatic rings. The van der Waals surface area contributed by atoms with Gasteiger partial charge in [0.15, 0.2) is 0 Å². The third-order valence-corrected chi connectivity index (χ3v) is 4.16. The summed E-state index contributed by atoms with van der Waals surface area (Å²) in [7, 11) is 1.53. The van der Waals surface area contributed by atoms with Crippen LogP contribution in [-0.4, -0.2) is 23.6 Å². The lowest BCUT2D eigenvalue weighted by atomic mass is 10.1. The SMILES string of the molecule is COc1cc(-n2cccc2)c(Cl)cc1C(=O)NC(C)Cc1ccco1. The number of halogens is 1. The van der Waals surface area contributed by atoms with Crippen molar-refractivity contribution in [1.29, 1.82) is 0 Å². The first-order valence-corrected chi connectivity index (χ1v) is 8.30. The molecule has 0 aliphatic carbocycles. The fraction of sp³-hybridized carbons (Fsp3) is 0.211. The molecule has 0 bridgehead atoms. The number of rotatable bonds is 6. The molecule has 1 N–H and O–H groups in total. The van der Waals surface area contributed by atoms with E-state index in [1.54, 1.807) is 18.4 Å². The van der Waals surface area contributed by atoms with E-state index < -0.39 is 0 Å². The second kappa shape index (κ2) is 7.49. The zero-order valence-electron chi connectivity index (χ0n) is 14.0. The van der Waals surface area contributed by atoms with Gasteiger partial charge in [-0.2, -0.15) is 0 Å². The van der Waals surface area contributed by atoms with Crippen LogP contribution >= 0.6 is 11.6 Å². The zero-order chi connectivity index (χ0) is 17.8. The second-order valence-corrected chi connectivity index (χ2v) is 6.16. The first-order chi connectivity index (χ1) is 12.1. The first kappa shape index (κ1) is 17.2. The highest BCUT2D eigenvalue weighted by Crippen LogP contribution is 2.30. The van der Waals surface area contributed by atoms with Gasteiger partial charge in [-0.1, -0.05) is 11.6 Å². The number of carbonyl (C=O) groups is 1. The van der Waals surface area contributed by atoms with E-state index in [1.807, 2.05) is 48.1 Å². The van der Waals surface area contributed by atoms with Crippen molar-refractivity contribution in [2.75, 3.05) is 7.11 Å². The van der Waals surface area contributed by atoms with Crippen molar-refractivity contribution in [3.05, 3.63) is 71.4 Å². The molecule has 6 heteroatoms. The standard InChI is InChI=1S/C19H19ClN2O3/c1-13(10-14-6-5-9-25-14)21-19(23)15-11-16(20)17(12-18(15)24-2)22-7-3-4-8-22/h3-9,11-13H,10H2,1-2H3,(H,21,23). The molecule has 1 aromatic carbocycles. The van der Waals surface area contributed by atoms with E-state index in [4.69, 9.17) is 20.8 Å². The van der Waals surface area contributed by atoms with Crippen LogP contribution in [0.15, 0.2) is 59.5 Å². The van der Waals surface area contributed by atoms with E-state index in [1.165, 1.54) is 7.11 Å². The van der Waals surface area contributed by atoms with Gasteiger partial charge in [-0.3, -0.25) is 4.79 Å². The number of aromatic nitrogens is 1. The summed E-state index contributed by atoms with van der Waals surface area (Å²) in [6.45, 7) is 1.92. The molecule has 0 saturated heterocycles. The molecule has 130 valence electrons. The van der Waals surface area contributed by atoms with E-state index in [2.05, 4.69) is 5.32 Å². The second-order valence-electron chi connectivity index (χ2n) is 5.75. The first-order valence-electron chi connectivity index (χ1n) is 7.92. The van der Waals surface area contributed by atoms with Gasteiger partial charge in [-0.15, -0.1) is 0 Å². The highest BCUT2D eigenvalue weighted by molar-refractivity contribution is 6.33. The number of ether oxygens (including phenoxy) is 1. The number of hydrogen-bond acceptors (Lipinski definition) is 3. The quantitative estimate of drug-likeness (QED) is 0.722. The molecular formula is C19H19ClN2O3. The molecule has 3 aromatic rings. The Morgan fingerprint density at radius 3 is 2.72 bits per heavy atom. The maximum atomic E-state index is 12.6. The van der Waals surface area contributed by atoms with Crippen LogP contribution in [0.2, 0.25) is 5.02 Å². The summed E-state index contributed by atoms with van der Waals surface area (Å²) in [5.41, 5.74) is 1.15. The van der Waals surface area contributed by atoms with Crippen LogP contribution in [0, 0.1) is 0 Å². The predicted octanol–water partition coefficient (Wildman–Crippen LogP) is 4.09. The Hall–Kier alpha value is -2.66. The van der Waals surface area contributed by atoms with Crippen molar-refractivity contribution in [3.8, 4) is 11.4 Å². The molecule has 0 fully saturated rings. The van der Waals surface area contributed by atoms with Crippen molar-refractivity contribution in [2.24, 2.45) is 0 Å². The molecule has 0 radical (unpaired) electrons. The van der Waals surface area contributed by atoms with Gasteiger partial charge in [0.1, 0.15) is 11.5 Å². The number of furan rings is 1. The van der Waals surface area contributed by atoms with E-state index in [0.29, 0.717) is 22.8 Å². The smallest absolute Gasteiger partial charge is 0.255 e. The predicted molar refractivity (Wildman–Crippen MR) is 96.7 cm³/mol. The molecule has 3 rings (SSSR count). The highest BCUT2D eigenvalue weighted by Gasteiger charge is 2.18. The Morgan fingerprint density at radius 2 is 2.08 bits per heavy atom. The summed E-state index contributed by atoms with van der Waals surface area (Å²) in [4.78, 5) is 12.6. The van der Waals surface area contributed by atoms with Gasteiger partial charge in [-0.25, -0.2) is 0 Å². The number of hydrogen-bond donors (Lipinski definition) is 1. The molecule has 1 amide bonds. The van der Waals surface area contributed by atoms with Gasteiger partial charge in [0.2, 0.25) is 0 Å². The fourth-order valence-corrected chi connectivity index (χ4v) is 2.93. The average molecular weight is 359 g/mol. The van der Waals surface area contributed by atoms with Crippen molar-refractivity contribution in [3.63, 3.8) is 0 Å². The van der Waals surface area contributed by atoms with Crippen molar-refractivity contribution >= 4 is 17.5 Å². The maximum absolute atomic E-state index is 12.6. The van der Waals surface area contributed by atoms with Crippen molar-refractivity contribution in [1.82, 2.24) is 9.88 Å². The number of nitrogens with zero attached hydrogens (tertiary/aromatic N) is 1. The minimum absolute atomic E-state index is 0.0914. The summed E-state index contributed by atoms with van der Waals surface area (Å²) in [5.74, 6) is 1.05. The molecular weight excluding hydrogens is 340 g/mol. The summed E-state index contributed by atoms with van der Waals surface area (Å²) in [6, 6.07) is 10.8. The minimum Gasteiger partial charge on any atom is -0.496 e. The van der Waals surface area contributed by atoms with Crippen molar-refractivity contribution in [2.45, 2.75) is 19.4 Å². The molecule has 1 unspecified atom stereocenters. The number of nitrogens with one attached hydrogen (secondary N) is 1. The molecule has 0 spiro atoms. The molecule has 25 heavy (non-hydrogen) atoms. The zero-order valence-corrected chi connectivity index (χ0v) is 14.8. The van der Waals surface area contributed by atoms with Crippen molar-refractivity contribution < 1.29 is 13.9 Å². The summed E-state index contributed by atoms with van der Waals surface area (Å²) < 4.78 is 12.6. The number of methoxy groups -OCH3 is 1. The summed E-state index contributed by atoms with van der Waals surface area (Å²) in [5, 5.41) is 3.42. The highest BCUT2D eigenvalue weighted by atomic mass is 35.5. The number of amides is 1. The van der Waals surface area contributed by atoms with Gasteiger partial charge in [0.05, 0.1) is 29.6 Å². The van der Waals surface area contributed by atoms with Gasteiger partial charge in [-0.05, 0) is 37.3 Å². The third-order valence-electron chi connectivity index (χ3n) is 3.86. The van der Waals surface area contributed by atoms with Crippen LogP contribution < -0.4 is 10.1 Å². The van der Waals surface area contributed by atoms with Crippen LogP contribution in [0.25, 0.3) is 5.69 Å². The normalized spacial score (nSPS) is 12.0. The largest absolute Gasteiger partial charge is 0.496 e. The maximum Gasteiger partial charge on any atom is 0.255 e. The van der Waals surface area contributed by atoms with Gasteiger partial charge in [0.25, 0.3) is 5.91 Å². The Balaban J connectivity index is 1.81. The lowest BCUT2D eigenvalue weighted by molar-refractivity contribution is 0.0936. The lowest BCUT2D eigenvalue weighted by Gasteiger charge is -2.16. The summed E-state index contributed by atoms with van der Waals surface area (Å²) >= 11 is 6.37. The fourth-order valence-electron chi connectivity index (χ4n) is 2.67. The van der Waals surface area contributed by atoms with E-state index in [9.17, 15) is 4.79 Å². The van der Waals surface area contributed by atoms with Gasteiger partial charge < -0.3 is 19.0 Å². The topological polar surface area (TPSA) is 56.4 Å². The van der Waals surface area contributed by atoms with Crippen LogP contribution in [0.4, 0.5) is 0 Å². The molecule has 2 heterocycles. The van der Waals surface area contributed by atoms with Crippen LogP contribution in [0.1, 0.15) is 23.0 Å². The van der Waals surface area contributed by atoms with Crippen LogP contribution in [0.5, 0.6) is 5.75 Å². The summed E-state index contributed by atoms with van der Waals surface area (Å²) in [6.07, 6.45) is 5.99.